The Balaban J connectivity index is 2.79. The van der Waals surface area contributed by atoms with Crippen LogP contribution in [0.5, 0.6) is 0 Å². The van der Waals surface area contributed by atoms with Crippen LogP contribution in [0.4, 0.5) is 13.2 Å². The highest BCUT2D eigenvalue weighted by atomic mass is 19.4. The van der Waals surface area contributed by atoms with Crippen molar-refractivity contribution >= 4 is 0 Å². The Bertz CT molecular complexity index is 358. The van der Waals surface area contributed by atoms with Crippen molar-refractivity contribution in [2.75, 3.05) is 0 Å². The Kier molecular flexibility index (Phi) is 4.12. The molecule has 0 aromatic heterocycles. The molecule has 88 valence electrons. The third kappa shape index (κ3) is 3.70. The minimum absolute atomic E-state index is 0.180. The fourth-order valence-electron chi connectivity index (χ4n) is 1.47. The van der Waals surface area contributed by atoms with Gasteiger partial charge in [-0.15, -0.1) is 6.58 Å². The van der Waals surface area contributed by atoms with Crippen LogP contribution in [-0.4, -0.2) is 6.04 Å². The third-order valence-corrected chi connectivity index (χ3v) is 2.22. The summed E-state index contributed by atoms with van der Waals surface area (Å²) < 4.78 is 37.2. The normalized spacial score (nSPS) is 13.5. The van der Waals surface area contributed by atoms with Crippen LogP contribution in [0.1, 0.15) is 17.5 Å². The van der Waals surface area contributed by atoms with E-state index in [0.717, 1.165) is 12.1 Å². The standard InChI is InChI=1S/C12H14F3N/c1-2-4-11(16)8-9-5-3-6-10(7-9)12(13,14)15/h2-3,5-7,11H,1,4,8,16H2. The van der Waals surface area contributed by atoms with Gasteiger partial charge in [-0.2, -0.15) is 13.2 Å². The van der Waals surface area contributed by atoms with Gasteiger partial charge in [0.05, 0.1) is 5.56 Å². The molecule has 0 heterocycles. The van der Waals surface area contributed by atoms with Crippen LogP contribution in [0, 0.1) is 0 Å². The maximum Gasteiger partial charge on any atom is 0.416 e. The lowest BCUT2D eigenvalue weighted by molar-refractivity contribution is -0.137. The molecule has 1 aromatic carbocycles. The van der Waals surface area contributed by atoms with Crippen molar-refractivity contribution in [1.29, 1.82) is 0 Å². The molecular weight excluding hydrogens is 215 g/mol. The summed E-state index contributed by atoms with van der Waals surface area (Å²) in [5.41, 5.74) is 5.70. The molecular formula is C12H14F3N. The maximum atomic E-state index is 12.4. The van der Waals surface area contributed by atoms with Crippen LogP contribution in [0.25, 0.3) is 0 Å². The molecule has 0 bridgehead atoms. The quantitative estimate of drug-likeness (QED) is 0.788. The van der Waals surface area contributed by atoms with E-state index in [1.165, 1.54) is 6.07 Å². The molecule has 0 radical (unpaired) electrons. The lowest BCUT2D eigenvalue weighted by Gasteiger charge is -2.11. The molecule has 0 saturated carbocycles. The molecule has 4 heteroatoms. The van der Waals surface area contributed by atoms with E-state index in [-0.39, 0.29) is 6.04 Å². The van der Waals surface area contributed by atoms with Gasteiger partial charge in [0.15, 0.2) is 0 Å². The van der Waals surface area contributed by atoms with Crippen LogP contribution < -0.4 is 5.73 Å². The third-order valence-electron chi connectivity index (χ3n) is 2.22. The van der Waals surface area contributed by atoms with Crippen LogP contribution in [0.2, 0.25) is 0 Å². The van der Waals surface area contributed by atoms with Gasteiger partial charge in [-0.3, -0.25) is 0 Å². The minimum Gasteiger partial charge on any atom is -0.327 e. The first-order valence-corrected chi connectivity index (χ1v) is 4.96. The zero-order valence-electron chi connectivity index (χ0n) is 8.80. The van der Waals surface area contributed by atoms with Crippen molar-refractivity contribution in [3.63, 3.8) is 0 Å². The molecule has 1 rings (SSSR count). The van der Waals surface area contributed by atoms with Crippen molar-refractivity contribution in [3.05, 3.63) is 48.0 Å². The van der Waals surface area contributed by atoms with Gasteiger partial charge < -0.3 is 5.73 Å². The molecule has 1 unspecified atom stereocenters. The van der Waals surface area contributed by atoms with Gasteiger partial charge in [0, 0.05) is 6.04 Å². The number of halogens is 3. The molecule has 1 aromatic rings. The summed E-state index contributed by atoms with van der Waals surface area (Å²) in [6.45, 7) is 3.54. The Morgan fingerprint density at radius 2 is 2.06 bits per heavy atom. The number of hydrogen-bond donors (Lipinski definition) is 1. The molecule has 0 aliphatic carbocycles. The first-order valence-electron chi connectivity index (χ1n) is 4.96. The lowest BCUT2D eigenvalue weighted by Crippen LogP contribution is -2.22. The van der Waals surface area contributed by atoms with Gasteiger partial charge in [-0.1, -0.05) is 24.3 Å². The Hall–Kier alpha value is -1.29. The van der Waals surface area contributed by atoms with Gasteiger partial charge in [-0.05, 0) is 24.5 Å². The lowest BCUT2D eigenvalue weighted by atomic mass is 10.0. The van der Waals surface area contributed by atoms with Gasteiger partial charge in [0.1, 0.15) is 0 Å². The molecule has 0 aliphatic rings. The van der Waals surface area contributed by atoms with E-state index in [1.807, 2.05) is 0 Å². The molecule has 0 spiro atoms. The largest absolute Gasteiger partial charge is 0.416 e. The van der Waals surface area contributed by atoms with Gasteiger partial charge in [0.25, 0.3) is 0 Å². The summed E-state index contributed by atoms with van der Waals surface area (Å²) >= 11 is 0. The number of alkyl halides is 3. The van der Waals surface area contributed by atoms with Crippen LogP contribution in [-0.2, 0) is 12.6 Å². The topological polar surface area (TPSA) is 26.0 Å². The molecule has 0 saturated heterocycles. The van der Waals surface area contributed by atoms with E-state index in [4.69, 9.17) is 5.73 Å². The van der Waals surface area contributed by atoms with Crippen LogP contribution >= 0.6 is 0 Å². The molecule has 1 atom stereocenters. The summed E-state index contributed by atoms with van der Waals surface area (Å²) in [6, 6.07) is 5.07. The van der Waals surface area contributed by atoms with Crippen molar-refractivity contribution < 1.29 is 13.2 Å². The molecule has 1 nitrogen and oxygen atoms in total. The molecule has 0 fully saturated rings. The second-order valence-corrected chi connectivity index (χ2v) is 3.69. The van der Waals surface area contributed by atoms with E-state index < -0.39 is 11.7 Å². The number of benzene rings is 1. The van der Waals surface area contributed by atoms with Crippen LogP contribution in [0.15, 0.2) is 36.9 Å². The van der Waals surface area contributed by atoms with Crippen molar-refractivity contribution in [3.8, 4) is 0 Å². The van der Waals surface area contributed by atoms with E-state index in [9.17, 15) is 13.2 Å². The summed E-state index contributed by atoms with van der Waals surface area (Å²) in [7, 11) is 0. The highest BCUT2D eigenvalue weighted by molar-refractivity contribution is 5.26. The molecule has 16 heavy (non-hydrogen) atoms. The second-order valence-electron chi connectivity index (χ2n) is 3.69. The van der Waals surface area contributed by atoms with E-state index in [2.05, 4.69) is 6.58 Å². The fourth-order valence-corrected chi connectivity index (χ4v) is 1.47. The number of rotatable bonds is 4. The zero-order chi connectivity index (χ0) is 12.2. The van der Waals surface area contributed by atoms with E-state index >= 15 is 0 Å². The predicted molar refractivity (Wildman–Crippen MR) is 57.9 cm³/mol. The highest BCUT2D eigenvalue weighted by Gasteiger charge is 2.30. The Labute approximate surface area is 92.8 Å². The highest BCUT2D eigenvalue weighted by Crippen LogP contribution is 2.29. The zero-order valence-corrected chi connectivity index (χ0v) is 8.80. The first-order chi connectivity index (χ1) is 7.43. The molecule has 2 N–H and O–H groups in total. The van der Waals surface area contributed by atoms with Crippen molar-refractivity contribution in [1.82, 2.24) is 0 Å². The minimum atomic E-state index is -4.29. The molecule has 0 amide bonds. The average molecular weight is 229 g/mol. The molecule has 0 aliphatic heterocycles. The van der Waals surface area contributed by atoms with Crippen molar-refractivity contribution in [2.45, 2.75) is 25.1 Å². The second kappa shape index (κ2) is 5.16. The van der Waals surface area contributed by atoms with Gasteiger partial charge in [0.2, 0.25) is 0 Å². The summed E-state index contributed by atoms with van der Waals surface area (Å²) in [5.74, 6) is 0. The Morgan fingerprint density at radius 1 is 1.38 bits per heavy atom. The average Bonchev–Trinajstić information content (AvgIpc) is 2.17. The fraction of sp³-hybridized carbons (Fsp3) is 0.333. The van der Waals surface area contributed by atoms with Gasteiger partial charge in [-0.25, -0.2) is 0 Å². The van der Waals surface area contributed by atoms with E-state index in [0.29, 0.717) is 18.4 Å². The number of nitrogens with two attached hydrogens (primary N) is 1. The maximum absolute atomic E-state index is 12.4. The summed E-state index contributed by atoms with van der Waals surface area (Å²) in [6.07, 6.45) is -1.61. The smallest absolute Gasteiger partial charge is 0.327 e. The number of hydrogen-bond acceptors (Lipinski definition) is 1. The first kappa shape index (κ1) is 12.8. The van der Waals surface area contributed by atoms with Gasteiger partial charge >= 0.3 is 6.18 Å². The van der Waals surface area contributed by atoms with Crippen LogP contribution in [0.3, 0.4) is 0 Å². The Morgan fingerprint density at radius 3 is 2.62 bits per heavy atom. The van der Waals surface area contributed by atoms with Crippen molar-refractivity contribution in [2.24, 2.45) is 5.73 Å². The summed E-state index contributed by atoms with van der Waals surface area (Å²) in [4.78, 5) is 0. The predicted octanol–water partition coefficient (Wildman–Crippen LogP) is 3.15. The summed E-state index contributed by atoms with van der Waals surface area (Å²) in [5, 5.41) is 0. The van der Waals surface area contributed by atoms with E-state index in [1.54, 1.807) is 12.1 Å². The SMILES string of the molecule is C=CCC(N)Cc1cccc(C(F)(F)F)c1. The monoisotopic (exact) mass is 229 g/mol.